The lowest BCUT2D eigenvalue weighted by Gasteiger charge is -2.18. The van der Waals surface area contributed by atoms with Crippen LogP contribution in [0.5, 0.6) is 5.75 Å². The largest absolute Gasteiger partial charge is 0.490 e. The summed E-state index contributed by atoms with van der Waals surface area (Å²) in [4.78, 5) is 0. The van der Waals surface area contributed by atoms with Crippen LogP contribution in [0.3, 0.4) is 0 Å². The van der Waals surface area contributed by atoms with Crippen LogP contribution in [-0.4, -0.2) is 13.2 Å². The highest BCUT2D eigenvalue weighted by Gasteiger charge is 2.11. The van der Waals surface area contributed by atoms with E-state index in [4.69, 9.17) is 10.5 Å². The second kappa shape index (κ2) is 7.22. The van der Waals surface area contributed by atoms with Crippen molar-refractivity contribution >= 4 is 11.4 Å². The predicted molar refractivity (Wildman–Crippen MR) is 79.1 cm³/mol. The van der Waals surface area contributed by atoms with Crippen molar-refractivity contribution in [3.63, 3.8) is 0 Å². The van der Waals surface area contributed by atoms with E-state index in [0.717, 1.165) is 18.7 Å². The van der Waals surface area contributed by atoms with E-state index >= 15 is 0 Å². The van der Waals surface area contributed by atoms with Crippen molar-refractivity contribution in [2.24, 2.45) is 11.8 Å². The fourth-order valence-electron chi connectivity index (χ4n) is 1.55. The number of benzene rings is 1. The Morgan fingerprint density at radius 1 is 1.32 bits per heavy atom. The van der Waals surface area contributed by atoms with Crippen molar-refractivity contribution in [2.75, 3.05) is 24.2 Å². The molecule has 0 aromatic heterocycles. The Labute approximate surface area is 115 Å². The molecule has 0 saturated heterocycles. The molecule has 19 heavy (non-hydrogen) atoms. The summed E-state index contributed by atoms with van der Waals surface area (Å²) in [6.45, 7) is 9.82. The molecule has 0 saturated carbocycles. The van der Waals surface area contributed by atoms with Crippen LogP contribution < -0.4 is 15.8 Å². The topological polar surface area (TPSA) is 47.3 Å². The zero-order valence-corrected chi connectivity index (χ0v) is 12.3. The summed E-state index contributed by atoms with van der Waals surface area (Å²) < 4.78 is 19.0. The van der Waals surface area contributed by atoms with Gasteiger partial charge >= 0.3 is 0 Å². The van der Waals surface area contributed by atoms with Crippen molar-refractivity contribution in [1.29, 1.82) is 0 Å². The normalized spacial score (nSPS) is 12.5. The Kier molecular flexibility index (Phi) is 5.93. The smallest absolute Gasteiger partial charge is 0.167 e. The molecule has 108 valence electrons. The molecule has 0 spiro atoms. The maximum atomic E-state index is 13.6. The first-order valence-corrected chi connectivity index (χ1v) is 6.91. The van der Waals surface area contributed by atoms with Crippen molar-refractivity contribution in [2.45, 2.75) is 34.1 Å². The summed E-state index contributed by atoms with van der Waals surface area (Å²) in [5.41, 5.74) is 6.97. The molecule has 0 aliphatic rings. The zero-order chi connectivity index (χ0) is 14.4. The maximum absolute atomic E-state index is 13.6. The summed E-state index contributed by atoms with van der Waals surface area (Å²) >= 11 is 0. The quantitative estimate of drug-likeness (QED) is 0.737. The van der Waals surface area contributed by atoms with E-state index in [1.165, 1.54) is 6.07 Å². The van der Waals surface area contributed by atoms with Crippen LogP contribution in [0, 0.1) is 17.7 Å². The third-order valence-corrected chi connectivity index (χ3v) is 3.32. The maximum Gasteiger partial charge on any atom is 0.167 e. The SMILES string of the molecule is CCCOc1cc(NCC(C)C(C)C)c(N)cc1F. The van der Waals surface area contributed by atoms with E-state index in [9.17, 15) is 4.39 Å². The molecule has 3 nitrogen and oxygen atoms in total. The molecule has 1 rings (SSSR count). The first kappa shape index (κ1) is 15.6. The number of nitrogen functional groups attached to an aromatic ring is 1. The minimum absolute atomic E-state index is 0.260. The van der Waals surface area contributed by atoms with Gasteiger partial charge in [-0.05, 0) is 18.3 Å². The number of ether oxygens (including phenoxy) is 1. The molecule has 1 aromatic rings. The van der Waals surface area contributed by atoms with Crippen LogP contribution in [0.4, 0.5) is 15.8 Å². The van der Waals surface area contributed by atoms with E-state index in [1.807, 2.05) is 6.92 Å². The summed E-state index contributed by atoms with van der Waals surface area (Å²) in [7, 11) is 0. The highest BCUT2D eigenvalue weighted by Crippen LogP contribution is 2.28. The Hall–Kier alpha value is -1.45. The third-order valence-electron chi connectivity index (χ3n) is 3.32. The lowest BCUT2D eigenvalue weighted by atomic mass is 9.98. The molecule has 0 aliphatic carbocycles. The van der Waals surface area contributed by atoms with Gasteiger partial charge in [-0.15, -0.1) is 0 Å². The van der Waals surface area contributed by atoms with Crippen molar-refractivity contribution in [3.05, 3.63) is 17.9 Å². The van der Waals surface area contributed by atoms with Crippen molar-refractivity contribution < 1.29 is 9.13 Å². The van der Waals surface area contributed by atoms with E-state index in [0.29, 0.717) is 24.1 Å². The molecule has 0 fully saturated rings. The Bertz CT molecular complexity index is 407. The second-order valence-electron chi connectivity index (χ2n) is 5.32. The van der Waals surface area contributed by atoms with Gasteiger partial charge in [0.25, 0.3) is 0 Å². The summed E-state index contributed by atoms with van der Waals surface area (Å²) in [6, 6.07) is 2.96. The first-order chi connectivity index (χ1) is 8.95. The highest BCUT2D eigenvalue weighted by atomic mass is 19.1. The van der Waals surface area contributed by atoms with E-state index in [2.05, 4.69) is 26.1 Å². The standard InChI is InChI=1S/C15H25FN2O/c1-5-6-19-15-8-14(13(17)7-12(15)16)18-9-11(4)10(2)3/h7-8,10-11,18H,5-6,9,17H2,1-4H3. The minimum atomic E-state index is -0.409. The number of rotatable bonds is 7. The summed E-state index contributed by atoms with van der Waals surface area (Å²) in [5, 5.41) is 3.27. The van der Waals surface area contributed by atoms with E-state index in [1.54, 1.807) is 6.07 Å². The summed E-state index contributed by atoms with van der Waals surface area (Å²) in [5.74, 6) is 0.957. The molecule has 1 aromatic carbocycles. The van der Waals surface area contributed by atoms with Crippen molar-refractivity contribution in [1.82, 2.24) is 0 Å². The fourth-order valence-corrected chi connectivity index (χ4v) is 1.55. The van der Waals surface area contributed by atoms with Crippen molar-refractivity contribution in [3.8, 4) is 5.75 Å². The van der Waals surface area contributed by atoms with E-state index in [-0.39, 0.29) is 5.75 Å². The van der Waals surface area contributed by atoms with Gasteiger partial charge in [0.05, 0.1) is 18.0 Å². The molecule has 0 bridgehead atoms. The summed E-state index contributed by atoms with van der Waals surface area (Å²) in [6.07, 6.45) is 0.844. The van der Waals surface area contributed by atoms with Gasteiger partial charge < -0.3 is 15.8 Å². The second-order valence-corrected chi connectivity index (χ2v) is 5.32. The van der Waals surface area contributed by atoms with Gasteiger partial charge in [0.15, 0.2) is 11.6 Å². The molecule has 0 radical (unpaired) electrons. The molecular weight excluding hydrogens is 243 g/mol. The molecule has 1 atom stereocenters. The molecular formula is C15H25FN2O. The Balaban J connectivity index is 2.76. The fraction of sp³-hybridized carbons (Fsp3) is 0.600. The molecule has 1 unspecified atom stereocenters. The molecule has 0 amide bonds. The minimum Gasteiger partial charge on any atom is -0.490 e. The van der Waals surface area contributed by atoms with Crippen LogP contribution in [0.2, 0.25) is 0 Å². The van der Waals surface area contributed by atoms with Crippen LogP contribution >= 0.6 is 0 Å². The Morgan fingerprint density at radius 3 is 2.58 bits per heavy atom. The molecule has 4 heteroatoms. The zero-order valence-electron chi connectivity index (χ0n) is 12.3. The van der Waals surface area contributed by atoms with Crippen LogP contribution in [0.25, 0.3) is 0 Å². The highest BCUT2D eigenvalue weighted by molar-refractivity contribution is 5.68. The van der Waals surface area contributed by atoms with E-state index < -0.39 is 5.82 Å². The number of nitrogens with one attached hydrogen (secondary N) is 1. The number of hydrogen-bond acceptors (Lipinski definition) is 3. The van der Waals surface area contributed by atoms with Crippen LogP contribution in [0.1, 0.15) is 34.1 Å². The molecule has 0 heterocycles. The van der Waals surface area contributed by atoms with Gasteiger partial charge in [-0.3, -0.25) is 0 Å². The lowest BCUT2D eigenvalue weighted by molar-refractivity contribution is 0.301. The van der Waals surface area contributed by atoms with Gasteiger partial charge in [0, 0.05) is 18.7 Å². The van der Waals surface area contributed by atoms with Crippen LogP contribution in [-0.2, 0) is 0 Å². The lowest BCUT2D eigenvalue weighted by Crippen LogP contribution is -2.17. The number of halogens is 1. The molecule has 3 N–H and O–H groups in total. The predicted octanol–water partition coefficient (Wildman–Crippen LogP) is 3.90. The van der Waals surface area contributed by atoms with Gasteiger partial charge in [-0.2, -0.15) is 0 Å². The number of hydrogen-bond donors (Lipinski definition) is 2. The van der Waals surface area contributed by atoms with Gasteiger partial charge in [0.1, 0.15) is 0 Å². The van der Waals surface area contributed by atoms with Gasteiger partial charge in [-0.1, -0.05) is 27.7 Å². The first-order valence-electron chi connectivity index (χ1n) is 6.91. The van der Waals surface area contributed by atoms with Crippen LogP contribution in [0.15, 0.2) is 12.1 Å². The average Bonchev–Trinajstić information content (AvgIpc) is 2.36. The number of anilines is 2. The number of nitrogens with two attached hydrogens (primary N) is 1. The van der Waals surface area contributed by atoms with Gasteiger partial charge in [0.2, 0.25) is 0 Å². The Morgan fingerprint density at radius 2 is 2.00 bits per heavy atom. The van der Waals surface area contributed by atoms with Gasteiger partial charge in [-0.25, -0.2) is 4.39 Å². The average molecular weight is 268 g/mol. The monoisotopic (exact) mass is 268 g/mol. The third kappa shape index (κ3) is 4.62. The molecule has 0 aliphatic heterocycles.